The molecular formula is C23H16ClNO7. The number of ether oxygens (including phenoxy) is 2. The van der Waals surface area contributed by atoms with E-state index in [1.807, 2.05) is 0 Å². The topological polar surface area (TPSA) is 99.2 Å². The molecule has 0 aliphatic carbocycles. The number of benzene rings is 2. The van der Waals surface area contributed by atoms with Crippen molar-refractivity contribution >= 4 is 39.6 Å². The molecule has 5 rings (SSSR count). The molecule has 0 spiro atoms. The highest BCUT2D eigenvalue weighted by Gasteiger charge is 2.20. The molecule has 32 heavy (non-hydrogen) atoms. The SMILES string of the molecule is O=C(Oc1ccc2c(-c3cc4cc(Cl)ccc4oc3=O)cc(=O)oc2c1)N1CCOCC1. The molecule has 1 fully saturated rings. The number of morpholine rings is 1. The molecule has 4 aromatic rings. The van der Waals surface area contributed by atoms with Crippen LogP contribution in [0.4, 0.5) is 4.79 Å². The normalized spacial score (nSPS) is 14.1. The van der Waals surface area contributed by atoms with Crippen LogP contribution in [0.1, 0.15) is 0 Å². The fourth-order valence-electron chi connectivity index (χ4n) is 3.62. The molecule has 0 radical (unpaired) electrons. The minimum Gasteiger partial charge on any atom is -0.423 e. The second-order valence-corrected chi connectivity index (χ2v) is 7.67. The van der Waals surface area contributed by atoms with E-state index < -0.39 is 17.3 Å². The molecule has 1 aliphatic heterocycles. The Kier molecular flexibility index (Phi) is 5.16. The summed E-state index contributed by atoms with van der Waals surface area (Å²) in [4.78, 5) is 38.8. The average molecular weight is 454 g/mol. The van der Waals surface area contributed by atoms with Crippen LogP contribution < -0.4 is 16.0 Å². The maximum atomic E-state index is 12.6. The number of fused-ring (bicyclic) bond motifs is 2. The van der Waals surface area contributed by atoms with Crippen LogP contribution in [-0.2, 0) is 4.74 Å². The Morgan fingerprint density at radius 1 is 0.906 bits per heavy atom. The molecule has 0 unspecified atom stereocenters. The number of halogens is 1. The van der Waals surface area contributed by atoms with Crippen LogP contribution in [0.3, 0.4) is 0 Å². The number of carbonyl (C=O) groups excluding carboxylic acids is 1. The summed E-state index contributed by atoms with van der Waals surface area (Å²) in [5, 5.41) is 1.59. The second kappa shape index (κ2) is 8.14. The van der Waals surface area contributed by atoms with Crippen LogP contribution in [-0.4, -0.2) is 37.3 Å². The van der Waals surface area contributed by atoms with Gasteiger partial charge in [0.05, 0.1) is 18.8 Å². The summed E-state index contributed by atoms with van der Waals surface area (Å²) in [6.45, 7) is 1.77. The van der Waals surface area contributed by atoms with Gasteiger partial charge in [-0.2, -0.15) is 0 Å². The number of hydrogen-bond acceptors (Lipinski definition) is 7. The largest absolute Gasteiger partial charge is 0.423 e. The molecule has 162 valence electrons. The third-order valence-corrected chi connectivity index (χ3v) is 5.41. The van der Waals surface area contributed by atoms with Crippen molar-refractivity contribution in [1.82, 2.24) is 4.90 Å². The predicted octanol–water partition coefficient (Wildman–Crippen LogP) is 4.05. The van der Waals surface area contributed by atoms with Gasteiger partial charge in [-0.15, -0.1) is 0 Å². The third kappa shape index (κ3) is 3.86. The molecule has 8 nitrogen and oxygen atoms in total. The molecule has 3 heterocycles. The lowest BCUT2D eigenvalue weighted by Gasteiger charge is -2.25. The van der Waals surface area contributed by atoms with Crippen molar-refractivity contribution in [2.45, 2.75) is 0 Å². The Balaban J connectivity index is 1.57. The first-order valence-electron chi connectivity index (χ1n) is 9.84. The van der Waals surface area contributed by atoms with E-state index in [0.717, 1.165) is 0 Å². The van der Waals surface area contributed by atoms with E-state index in [1.165, 1.54) is 17.0 Å². The van der Waals surface area contributed by atoms with Gasteiger partial charge in [0.15, 0.2) is 0 Å². The van der Waals surface area contributed by atoms with E-state index >= 15 is 0 Å². The van der Waals surface area contributed by atoms with E-state index in [1.54, 1.807) is 36.4 Å². The van der Waals surface area contributed by atoms with Gasteiger partial charge < -0.3 is 23.2 Å². The molecule has 0 bridgehead atoms. The Bertz CT molecular complexity index is 1470. The van der Waals surface area contributed by atoms with Crippen molar-refractivity contribution in [1.29, 1.82) is 0 Å². The molecule has 2 aromatic heterocycles. The van der Waals surface area contributed by atoms with E-state index in [-0.39, 0.29) is 16.9 Å². The zero-order chi connectivity index (χ0) is 22.2. The monoisotopic (exact) mass is 453 g/mol. The first-order valence-corrected chi connectivity index (χ1v) is 10.2. The number of hydrogen-bond donors (Lipinski definition) is 0. The summed E-state index contributed by atoms with van der Waals surface area (Å²) in [6.07, 6.45) is -0.516. The van der Waals surface area contributed by atoms with Gasteiger partial charge in [-0.3, -0.25) is 0 Å². The summed E-state index contributed by atoms with van der Waals surface area (Å²) in [6, 6.07) is 12.4. The highest BCUT2D eigenvalue weighted by Crippen LogP contribution is 2.30. The molecule has 1 aliphatic rings. The molecule has 0 N–H and O–H groups in total. The highest BCUT2D eigenvalue weighted by molar-refractivity contribution is 6.31. The van der Waals surface area contributed by atoms with Gasteiger partial charge in [-0.1, -0.05) is 11.6 Å². The second-order valence-electron chi connectivity index (χ2n) is 7.23. The van der Waals surface area contributed by atoms with Gasteiger partial charge in [-0.05, 0) is 36.4 Å². The first-order chi connectivity index (χ1) is 15.5. The van der Waals surface area contributed by atoms with Crippen molar-refractivity contribution in [2.75, 3.05) is 26.3 Å². The Morgan fingerprint density at radius 2 is 1.72 bits per heavy atom. The quantitative estimate of drug-likeness (QED) is 0.422. The molecule has 2 aromatic carbocycles. The van der Waals surface area contributed by atoms with Gasteiger partial charge in [0.25, 0.3) is 0 Å². The number of nitrogens with zero attached hydrogens (tertiary/aromatic N) is 1. The van der Waals surface area contributed by atoms with Crippen molar-refractivity contribution in [3.05, 3.63) is 74.4 Å². The van der Waals surface area contributed by atoms with Crippen LogP contribution >= 0.6 is 11.6 Å². The smallest absolute Gasteiger partial charge is 0.415 e. The van der Waals surface area contributed by atoms with E-state index in [2.05, 4.69) is 0 Å². The number of amides is 1. The zero-order valence-electron chi connectivity index (χ0n) is 16.6. The third-order valence-electron chi connectivity index (χ3n) is 5.17. The number of carbonyl (C=O) groups is 1. The Labute approximate surface area is 185 Å². The summed E-state index contributed by atoms with van der Waals surface area (Å²) < 4.78 is 21.4. The molecule has 0 atom stereocenters. The molecular weight excluding hydrogens is 438 g/mol. The average Bonchev–Trinajstić information content (AvgIpc) is 2.78. The number of rotatable bonds is 2. The van der Waals surface area contributed by atoms with Gasteiger partial charge in [-0.25, -0.2) is 14.4 Å². The highest BCUT2D eigenvalue weighted by atomic mass is 35.5. The van der Waals surface area contributed by atoms with Crippen molar-refractivity contribution in [3.63, 3.8) is 0 Å². The standard InChI is InChI=1S/C23H16ClNO7/c24-14-1-4-19-13(9-14)10-18(22(27)32-19)17-12-21(26)31-20-11-15(2-3-16(17)20)30-23(28)25-5-7-29-8-6-25/h1-4,9-12H,5-8H2. The molecule has 0 saturated carbocycles. The molecule has 1 saturated heterocycles. The maximum Gasteiger partial charge on any atom is 0.415 e. The zero-order valence-corrected chi connectivity index (χ0v) is 17.4. The fraction of sp³-hybridized carbons (Fsp3) is 0.174. The van der Waals surface area contributed by atoms with Crippen LogP contribution in [0, 0.1) is 0 Å². The van der Waals surface area contributed by atoms with Crippen LogP contribution in [0.5, 0.6) is 5.75 Å². The summed E-state index contributed by atoms with van der Waals surface area (Å²) in [5.41, 5.74) is -0.170. The van der Waals surface area contributed by atoms with E-state index in [9.17, 15) is 14.4 Å². The minimum absolute atomic E-state index is 0.172. The van der Waals surface area contributed by atoms with Crippen LogP contribution in [0.25, 0.3) is 33.1 Å². The Morgan fingerprint density at radius 3 is 2.53 bits per heavy atom. The summed E-state index contributed by atoms with van der Waals surface area (Å²) in [7, 11) is 0. The lowest BCUT2D eigenvalue weighted by molar-refractivity contribution is 0.0416. The first kappa shape index (κ1) is 20.3. The van der Waals surface area contributed by atoms with E-state index in [0.29, 0.717) is 53.2 Å². The summed E-state index contributed by atoms with van der Waals surface area (Å²) >= 11 is 6.06. The van der Waals surface area contributed by atoms with Gasteiger partial charge in [0, 0.05) is 46.6 Å². The lowest BCUT2D eigenvalue weighted by Crippen LogP contribution is -2.42. The van der Waals surface area contributed by atoms with Gasteiger partial charge in [0.1, 0.15) is 16.9 Å². The van der Waals surface area contributed by atoms with Crippen LogP contribution in [0.15, 0.2) is 67.0 Å². The fourth-order valence-corrected chi connectivity index (χ4v) is 3.80. The summed E-state index contributed by atoms with van der Waals surface area (Å²) in [5.74, 6) is 0.214. The van der Waals surface area contributed by atoms with Crippen molar-refractivity contribution < 1.29 is 23.1 Å². The molecule has 9 heteroatoms. The van der Waals surface area contributed by atoms with Gasteiger partial charge >= 0.3 is 17.3 Å². The Hall–Kier alpha value is -3.62. The van der Waals surface area contributed by atoms with Crippen molar-refractivity contribution in [3.8, 4) is 16.9 Å². The molecule has 1 amide bonds. The minimum atomic E-state index is -0.658. The lowest BCUT2D eigenvalue weighted by atomic mass is 10.0. The van der Waals surface area contributed by atoms with Gasteiger partial charge in [0.2, 0.25) is 0 Å². The van der Waals surface area contributed by atoms with Crippen LogP contribution in [0.2, 0.25) is 5.02 Å². The van der Waals surface area contributed by atoms with E-state index in [4.69, 9.17) is 29.9 Å². The van der Waals surface area contributed by atoms with Crippen molar-refractivity contribution in [2.24, 2.45) is 0 Å². The maximum absolute atomic E-state index is 12.6. The predicted molar refractivity (Wildman–Crippen MR) is 117 cm³/mol.